The Morgan fingerprint density at radius 3 is 2.55 bits per heavy atom. The van der Waals surface area contributed by atoms with Crippen LogP contribution in [0.5, 0.6) is 0 Å². The van der Waals surface area contributed by atoms with Gasteiger partial charge in [0.2, 0.25) is 0 Å². The molecule has 0 amide bonds. The Balaban J connectivity index is 1.97. The minimum absolute atomic E-state index is 0.0196. The van der Waals surface area contributed by atoms with E-state index in [2.05, 4.69) is 32.7 Å². The maximum atomic E-state index is 12.5. The van der Waals surface area contributed by atoms with Crippen LogP contribution in [0.2, 0.25) is 0 Å². The summed E-state index contributed by atoms with van der Waals surface area (Å²) >= 11 is 1.63. The zero-order valence-electron chi connectivity index (χ0n) is 14.1. The third-order valence-corrected chi connectivity index (χ3v) is 6.21. The summed E-state index contributed by atoms with van der Waals surface area (Å²) in [6.45, 7) is 13.2. The minimum atomic E-state index is 0.0196. The number of likely N-dealkylation sites (tertiary alicyclic amines) is 1. The first-order chi connectivity index (χ1) is 10.4. The van der Waals surface area contributed by atoms with Gasteiger partial charge in [-0.25, -0.2) is 4.98 Å². The first-order valence-electron chi connectivity index (χ1n) is 8.21. The van der Waals surface area contributed by atoms with E-state index in [-0.39, 0.29) is 11.6 Å². The quantitative estimate of drug-likeness (QED) is 0.891. The molecule has 1 fully saturated rings. The lowest BCUT2D eigenvalue weighted by atomic mass is 9.91. The average molecular weight is 320 g/mol. The fourth-order valence-corrected chi connectivity index (χ4v) is 4.89. The van der Waals surface area contributed by atoms with Crippen LogP contribution in [0.1, 0.15) is 49.5 Å². The fraction of sp³-hybridized carbons (Fsp3) is 0.647. The lowest BCUT2D eigenvalue weighted by Gasteiger charge is -2.35. The number of thiophene rings is 1. The fourth-order valence-electron chi connectivity index (χ4n) is 3.86. The number of hydrogen-bond acceptors (Lipinski definition) is 3. The molecule has 0 radical (unpaired) electrons. The van der Waals surface area contributed by atoms with Gasteiger partial charge in [-0.3, -0.25) is 4.79 Å². The van der Waals surface area contributed by atoms with Crippen LogP contribution in [0, 0.1) is 25.7 Å². The molecule has 2 N–H and O–H groups in total. The summed E-state index contributed by atoms with van der Waals surface area (Å²) in [6, 6.07) is 0.241. The van der Waals surface area contributed by atoms with E-state index in [0.717, 1.165) is 46.5 Å². The number of aromatic amines is 1. The highest BCUT2D eigenvalue weighted by Gasteiger charge is 2.31. The van der Waals surface area contributed by atoms with Crippen molar-refractivity contribution in [3.05, 3.63) is 26.6 Å². The molecule has 3 rings (SSSR count). The lowest BCUT2D eigenvalue weighted by Crippen LogP contribution is -3.14. The van der Waals surface area contributed by atoms with Gasteiger partial charge in [0, 0.05) is 16.7 Å². The van der Waals surface area contributed by atoms with Crippen molar-refractivity contribution >= 4 is 21.6 Å². The summed E-state index contributed by atoms with van der Waals surface area (Å²) in [4.78, 5) is 23.9. The number of quaternary nitrogens is 1. The molecule has 1 saturated heterocycles. The first-order valence-corrected chi connectivity index (χ1v) is 9.03. The molecule has 0 spiro atoms. The standard InChI is InChI=1S/C17H25N3OS/c1-9-6-10(2)8-20(7-9)12(4)15-18-16(21)14-11(3)13(5)22-17(14)19-15/h9-10,12H,6-8H2,1-5H3,(H,18,19,21)/p+1/t9-,10+,12-/m1/s1. The second-order valence-corrected chi connectivity index (χ2v) is 8.35. The monoisotopic (exact) mass is 320 g/mol. The Kier molecular flexibility index (Phi) is 4.12. The largest absolute Gasteiger partial charge is 0.326 e. The highest BCUT2D eigenvalue weighted by Crippen LogP contribution is 2.26. The second kappa shape index (κ2) is 5.78. The van der Waals surface area contributed by atoms with Gasteiger partial charge in [0.1, 0.15) is 10.9 Å². The Morgan fingerprint density at radius 1 is 1.27 bits per heavy atom. The zero-order valence-corrected chi connectivity index (χ0v) is 14.9. The SMILES string of the molecule is Cc1sc2nc([C@@H](C)[NH+]3C[C@H](C)C[C@H](C)C3)[nH]c(=O)c2c1C. The van der Waals surface area contributed by atoms with E-state index in [9.17, 15) is 4.79 Å². The maximum absolute atomic E-state index is 12.5. The Bertz CT molecular complexity index is 738. The molecule has 1 aliphatic rings. The van der Waals surface area contributed by atoms with Gasteiger partial charge in [0.25, 0.3) is 5.56 Å². The van der Waals surface area contributed by atoms with Crippen LogP contribution in [0.25, 0.3) is 10.2 Å². The van der Waals surface area contributed by atoms with Gasteiger partial charge in [0.05, 0.1) is 18.5 Å². The van der Waals surface area contributed by atoms with Crippen molar-refractivity contribution in [3.63, 3.8) is 0 Å². The van der Waals surface area contributed by atoms with Gasteiger partial charge in [-0.1, -0.05) is 13.8 Å². The van der Waals surface area contributed by atoms with E-state index in [1.165, 1.54) is 11.3 Å². The van der Waals surface area contributed by atoms with Crippen molar-refractivity contribution in [1.82, 2.24) is 9.97 Å². The molecule has 0 bridgehead atoms. The summed E-state index contributed by atoms with van der Waals surface area (Å²) in [6.07, 6.45) is 1.31. The molecule has 0 aromatic carbocycles. The predicted octanol–water partition coefficient (Wildman–Crippen LogP) is 2.22. The van der Waals surface area contributed by atoms with E-state index in [4.69, 9.17) is 4.98 Å². The zero-order chi connectivity index (χ0) is 16.0. The van der Waals surface area contributed by atoms with Gasteiger partial charge < -0.3 is 9.88 Å². The third-order valence-electron chi connectivity index (χ3n) is 5.11. The van der Waals surface area contributed by atoms with Gasteiger partial charge in [-0.15, -0.1) is 11.3 Å². The molecule has 2 aromatic rings. The summed E-state index contributed by atoms with van der Waals surface area (Å²) in [5.41, 5.74) is 1.09. The van der Waals surface area contributed by atoms with Crippen LogP contribution in [0.4, 0.5) is 0 Å². The minimum Gasteiger partial charge on any atom is -0.326 e. The molecule has 4 atom stereocenters. The summed E-state index contributed by atoms with van der Waals surface area (Å²) in [5, 5.41) is 0.772. The van der Waals surface area contributed by atoms with Crippen molar-refractivity contribution in [2.24, 2.45) is 11.8 Å². The molecule has 5 heteroatoms. The molecule has 4 nitrogen and oxygen atoms in total. The molecule has 22 heavy (non-hydrogen) atoms. The average Bonchev–Trinajstić information content (AvgIpc) is 2.72. The predicted molar refractivity (Wildman–Crippen MR) is 91.8 cm³/mol. The topological polar surface area (TPSA) is 50.2 Å². The Morgan fingerprint density at radius 2 is 1.91 bits per heavy atom. The van der Waals surface area contributed by atoms with E-state index in [0.29, 0.717) is 0 Å². The van der Waals surface area contributed by atoms with Crippen molar-refractivity contribution in [2.45, 2.75) is 47.1 Å². The summed E-state index contributed by atoms with van der Waals surface area (Å²) in [5.74, 6) is 2.32. The number of rotatable bonds is 2. The maximum Gasteiger partial charge on any atom is 0.260 e. The van der Waals surface area contributed by atoms with Crippen LogP contribution in [-0.2, 0) is 0 Å². The summed E-state index contributed by atoms with van der Waals surface area (Å²) in [7, 11) is 0. The molecular formula is C17H26N3OS+. The highest BCUT2D eigenvalue weighted by atomic mass is 32.1. The number of nitrogens with one attached hydrogen (secondary N) is 2. The number of nitrogens with zero attached hydrogens (tertiary/aromatic N) is 1. The number of H-pyrrole nitrogens is 1. The molecule has 1 aliphatic heterocycles. The molecule has 1 unspecified atom stereocenters. The number of fused-ring (bicyclic) bond motifs is 1. The number of aryl methyl sites for hydroxylation is 2. The van der Waals surface area contributed by atoms with Crippen LogP contribution in [0.3, 0.4) is 0 Å². The van der Waals surface area contributed by atoms with Crippen molar-refractivity contribution in [3.8, 4) is 0 Å². The highest BCUT2D eigenvalue weighted by molar-refractivity contribution is 7.18. The summed E-state index contributed by atoms with van der Waals surface area (Å²) < 4.78 is 0. The van der Waals surface area contributed by atoms with Crippen LogP contribution < -0.4 is 10.5 Å². The molecule has 0 saturated carbocycles. The molecule has 0 aliphatic carbocycles. The number of piperidine rings is 1. The van der Waals surface area contributed by atoms with E-state index in [1.54, 1.807) is 16.2 Å². The van der Waals surface area contributed by atoms with Crippen LogP contribution >= 0.6 is 11.3 Å². The molecule has 3 heterocycles. The smallest absolute Gasteiger partial charge is 0.260 e. The van der Waals surface area contributed by atoms with Crippen molar-refractivity contribution in [1.29, 1.82) is 0 Å². The Hall–Kier alpha value is -1.20. The third kappa shape index (κ3) is 2.72. The molecule has 120 valence electrons. The lowest BCUT2D eigenvalue weighted by molar-refractivity contribution is -0.941. The van der Waals surface area contributed by atoms with Crippen molar-refractivity contribution in [2.75, 3.05) is 13.1 Å². The van der Waals surface area contributed by atoms with E-state index in [1.807, 2.05) is 6.92 Å². The molecule has 2 aromatic heterocycles. The van der Waals surface area contributed by atoms with Gasteiger partial charge >= 0.3 is 0 Å². The number of aromatic nitrogens is 2. The van der Waals surface area contributed by atoms with E-state index < -0.39 is 0 Å². The molecular weight excluding hydrogens is 294 g/mol. The normalized spacial score (nSPS) is 27.2. The van der Waals surface area contributed by atoms with E-state index >= 15 is 0 Å². The van der Waals surface area contributed by atoms with Crippen LogP contribution in [0.15, 0.2) is 4.79 Å². The first kappa shape index (κ1) is 15.7. The van der Waals surface area contributed by atoms with Crippen LogP contribution in [-0.4, -0.2) is 23.1 Å². The van der Waals surface area contributed by atoms with Gasteiger partial charge in [-0.2, -0.15) is 0 Å². The Labute approximate surface area is 135 Å². The van der Waals surface area contributed by atoms with Gasteiger partial charge in [-0.05, 0) is 32.8 Å². The van der Waals surface area contributed by atoms with Gasteiger partial charge in [0.15, 0.2) is 5.82 Å². The van der Waals surface area contributed by atoms with Crippen molar-refractivity contribution < 1.29 is 4.90 Å². The number of hydrogen-bond donors (Lipinski definition) is 2. The second-order valence-electron chi connectivity index (χ2n) is 7.15.